The number of aliphatic hydroxyl groups is 1. The number of hydrogen-bond donors (Lipinski definition) is 4. The molecule has 1 unspecified atom stereocenters. The normalized spacial score (nSPS) is 17.5. The molecule has 0 bridgehead atoms. The molecule has 0 radical (unpaired) electrons. The smallest absolute Gasteiger partial charge is 0.316 e. The fraction of sp³-hybridized carbons (Fsp3) is 0.550. The second-order valence-electron chi connectivity index (χ2n) is 8.81. The van der Waals surface area contributed by atoms with Crippen molar-refractivity contribution in [1.29, 1.82) is 0 Å². The molecule has 2 aromatic rings. The third kappa shape index (κ3) is 4.72. The minimum atomic E-state index is -1.55. The van der Waals surface area contributed by atoms with Gasteiger partial charge in [0.2, 0.25) is 0 Å². The summed E-state index contributed by atoms with van der Waals surface area (Å²) in [6.07, 6.45) is 6.71. The van der Waals surface area contributed by atoms with Gasteiger partial charge in [-0.1, -0.05) is 13.8 Å². The van der Waals surface area contributed by atoms with Crippen molar-refractivity contribution < 1.29 is 14.1 Å². The molecule has 0 aliphatic heterocycles. The zero-order valence-corrected chi connectivity index (χ0v) is 19.4. The lowest BCUT2D eigenvalue weighted by Crippen LogP contribution is -2.22. The minimum Gasteiger partial charge on any atom is -0.385 e. The van der Waals surface area contributed by atoms with Crippen molar-refractivity contribution in [2.45, 2.75) is 75.2 Å². The number of fused-ring (bicyclic) bond motifs is 2. The first kappa shape index (κ1) is 22.8. The van der Waals surface area contributed by atoms with E-state index in [0.717, 1.165) is 60.5 Å². The van der Waals surface area contributed by atoms with Crippen LogP contribution in [0.3, 0.4) is 0 Å². The SMILES string of the molecule is CC(C)(O)c1cnc(S(N)=O)s1.CC1(C)CCc2c1nc1c(c2NC(N)=O)CCC1. The summed E-state index contributed by atoms with van der Waals surface area (Å²) in [6.45, 7) is 7.73. The Morgan fingerprint density at radius 2 is 2.00 bits per heavy atom. The first-order valence-corrected chi connectivity index (χ1v) is 11.9. The van der Waals surface area contributed by atoms with Crippen molar-refractivity contribution in [2.24, 2.45) is 10.9 Å². The van der Waals surface area contributed by atoms with E-state index in [1.165, 1.54) is 17.3 Å². The van der Waals surface area contributed by atoms with Crippen LogP contribution >= 0.6 is 11.3 Å². The first-order chi connectivity index (χ1) is 13.9. The minimum absolute atomic E-state index is 0.112. The predicted octanol–water partition coefficient (Wildman–Crippen LogP) is 2.64. The number of anilines is 1. The van der Waals surface area contributed by atoms with Gasteiger partial charge in [0.1, 0.15) is 0 Å². The van der Waals surface area contributed by atoms with E-state index in [4.69, 9.17) is 15.9 Å². The molecule has 0 aromatic carbocycles. The Morgan fingerprint density at radius 1 is 1.30 bits per heavy atom. The standard InChI is InChI=1S/C14H19N3O.C6H10N2O2S2/c1-14(2)7-6-9-11(17-13(15)18)8-4-3-5-10(8)16-12(9)14;1-6(2,9)4-3-8-5(11-4)12(7)10/h3-7H2,1-2H3,(H3,15,16,17,18);3,9H,7H2,1-2H3. The molecule has 2 amide bonds. The zero-order valence-electron chi connectivity index (χ0n) is 17.7. The van der Waals surface area contributed by atoms with E-state index in [9.17, 15) is 14.1 Å². The molecule has 2 aliphatic carbocycles. The lowest BCUT2D eigenvalue weighted by molar-refractivity contribution is 0.0823. The van der Waals surface area contributed by atoms with Crippen molar-refractivity contribution in [3.05, 3.63) is 33.6 Å². The fourth-order valence-electron chi connectivity index (χ4n) is 3.89. The van der Waals surface area contributed by atoms with Gasteiger partial charge in [-0.05, 0) is 57.1 Å². The molecule has 1 atom stereocenters. The van der Waals surface area contributed by atoms with E-state index >= 15 is 0 Å². The van der Waals surface area contributed by atoms with Crippen molar-refractivity contribution in [2.75, 3.05) is 5.32 Å². The molecular weight excluding hydrogens is 422 g/mol. The maximum atomic E-state index is 11.2. The molecule has 10 heteroatoms. The van der Waals surface area contributed by atoms with Crippen LogP contribution in [0.25, 0.3) is 0 Å². The number of amides is 2. The number of aromatic nitrogens is 2. The molecule has 0 saturated carbocycles. The number of primary amides is 1. The van der Waals surface area contributed by atoms with E-state index in [2.05, 4.69) is 24.1 Å². The molecule has 2 aromatic heterocycles. The van der Waals surface area contributed by atoms with Crippen molar-refractivity contribution in [3.63, 3.8) is 0 Å². The topological polar surface area (TPSA) is 144 Å². The maximum absolute atomic E-state index is 11.2. The van der Waals surface area contributed by atoms with Crippen LogP contribution in [0, 0.1) is 0 Å². The van der Waals surface area contributed by atoms with Gasteiger partial charge in [0.05, 0.1) is 21.9 Å². The van der Waals surface area contributed by atoms with Gasteiger partial charge in [-0.25, -0.2) is 19.1 Å². The number of pyridine rings is 1. The highest BCUT2D eigenvalue weighted by atomic mass is 32.2. The number of carbonyl (C=O) groups is 1. The number of urea groups is 1. The van der Waals surface area contributed by atoms with Gasteiger partial charge in [-0.3, -0.25) is 4.98 Å². The van der Waals surface area contributed by atoms with Crippen molar-refractivity contribution in [3.8, 4) is 0 Å². The van der Waals surface area contributed by atoms with Gasteiger partial charge >= 0.3 is 6.03 Å². The molecular formula is C20H29N5O3S2. The van der Waals surface area contributed by atoms with E-state index in [-0.39, 0.29) is 5.41 Å². The maximum Gasteiger partial charge on any atom is 0.316 e. The highest BCUT2D eigenvalue weighted by molar-refractivity contribution is 7.84. The Hall–Kier alpha value is -1.88. The van der Waals surface area contributed by atoms with Gasteiger partial charge in [-0.15, -0.1) is 11.3 Å². The summed E-state index contributed by atoms with van der Waals surface area (Å²) in [5, 5.41) is 17.5. The summed E-state index contributed by atoms with van der Waals surface area (Å²) < 4.78 is 11.1. The van der Waals surface area contributed by atoms with Gasteiger partial charge in [0.15, 0.2) is 15.3 Å². The number of hydrogen-bond acceptors (Lipinski definition) is 6. The Morgan fingerprint density at radius 3 is 2.53 bits per heavy atom. The average molecular weight is 452 g/mol. The Bertz CT molecular complexity index is 995. The van der Waals surface area contributed by atoms with E-state index in [1.54, 1.807) is 13.8 Å². The quantitative estimate of drug-likeness (QED) is 0.567. The van der Waals surface area contributed by atoms with Crippen LogP contribution in [0.4, 0.5) is 10.5 Å². The van der Waals surface area contributed by atoms with Gasteiger partial charge < -0.3 is 16.2 Å². The fourth-order valence-corrected chi connectivity index (χ4v) is 5.29. The number of carbonyl (C=O) groups excluding carboxylic acids is 1. The van der Waals surface area contributed by atoms with Crippen LogP contribution in [0.1, 0.15) is 67.9 Å². The van der Waals surface area contributed by atoms with E-state index in [0.29, 0.717) is 9.22 Å². The predicted molar refractivity (Wildman–Crippen MR) is 119 cm³/mol. The Labute approximate surface area is 183 Å². The number of nitrogens with one attached hydrogen (secondary N) is 1. The molecule has 6 N–H and O–H groups in total. The van der Waals surface area contributed by atoms with Crippen molar-refractivity contribution in [1.82, 2.24) is 9.97 Å². The van der Waals surface area contributed by atoms with Crippen LogP contribution in [0.15, 0.2) is 10.5 Å². The third-order valence-corrected chi connectivity index (χ3v) is 7.77. The lowest BCUT2D eigenvalue weighted by atomic mass is 9.90. The second-order valence-corrected chi connectivity index (χ2v) is 11.1. The van der Waals surface area contributed by atoms with Crippen LogP contribution in [0.5, 0.6) is 0 Å². The third-order valence-electron chi connectivity index (χ3n) is 5.47. The summed E-state index contributed by atoms with van der Waals surface area (Å²) in [5.41, 5.74) is 10.2. The average Bonchev–Trinajstić information content (AvgIpc) is 3.34. The van der Waals surface area contributed by atoms with E-state index in [1.807, 2.05) is 0 Å². The van der Waals surface area contributed by atoms with Crippen LogP contribution < -0.4 is 16.2 Å². The summed E-state index contributed by atoms with van der Waals surface area (Å²) in [5.74, 6) is 0. The van der Waals surface area contributed by atoms with Crippen LogP contribution in [-0.2, 0) is 41.3 Å². The summed E-state index contributed by atoms with van der Waals surface area (Å²) in [4.78, 5) is 20.6. The molecule has 30 heavy (non-hydrogen) atoms. The monoisotopic (exact) mass is 451 g/mol. The molecule has 0 fully saturated rings. The molecule has 8 nitrogen and oxygen atoms in total. The highest BCUT2D eigenvalue weighted by Crippen LogP contribution is 2.44. The van der Waals surface area contributed by atoms with Crippen molar-refractivity contribution >= 4 is 34.0 Å². The second kappa shape index (κ2) is 8.33. The molecule has 2 aliphatic rings. The molecule has 164 valence electrons. The Kier molecular flexibility index (Phi) is 6.33. The van der Waals surface area contributed by atoms with Gasteiger partial charge in [-0.2, -0.15) is 0 Å². The summed E-state index contributed by atoms with van der Waals surface area (Å²) in [7, 11) is -1.55. The zero-order chi connectivity index (χ0) is 22.3. The van der Waals surface area contributed by atoms with Gasteiger partial charge in [0.25, 0.3) is 0 Å². The van der Waals surface area contributed by atoms with Crippen LogP contribution in [0.2, 0.25) is 0 Å². The number of aryl methyl sites for hydroxylation is 1. The van der Waals surface area contributed by atoms with Gasteiger partial charge in [0, 0.05) is 17.3 Å². The van der Waals surface area contributed by atoms with Crippen LogP contribution in [-0.4, -0.2) is 25.3 Å². The highest BCUT2D eigenvalue weighted by Gasteiger charge is 2.36. The summed E-state index contributed by atoms with van der Waals surface area (Å²) in [6, 6.07) is -0.470. The molecule has 0 spiro atoms. The number of nitrogens with zero attached hydrogens (tertiary/aromatic N) is 2. The number of thiazole rings is 1. The Balaban J connectivity index is 0.000000187. The van der Waals surface area contributed by atoms with E-state index < -0.39 is 22.6 Å². The number of nitrogens with two attached hydrogens (primary N) is 2. The summed E-state index contributed by atoms with van der Waals surface area (Å²) >= 11 is 1.16. The number of rotatable bonds is 3. The molecule has 4 rings (SSSR count). The largest absolute Gasteiger partial charge is 0.385 e. The molecule has 2 heterocycles. The first-order valence-electron chi connectivity index (χ1n) is 9.86. The lowest BCUT2D eigenvalue weighted by Gasteiger charge is -2.20. The molecule has 0 saturated heterocycles.